The minimum Gasteiger partial charge on any atom is -0.353 e. The number of benzene rings is 1. The van der Waals surface area contributed by atoms with Crippen molar-refractivity contribution in [1.82, 2.24) is 14.9 Å². The van der Waals surface area contributed by atoms with Crippen LogP contribution in [0.25, 0.3) is 0 Å². The van der Waals surface area contributed by atoms with E-state index in [4.69, 9.17) is 0 Å². The third-order valence-corrected chi connectivity index (χ3v) is 4.03. The van der Waals surface area contributed by atoms with Crippen molar-refractivity contribution < 1.29 is 4.79 Å². The third kappa shape index (κ3) is 3.54. The molecule has 2 heterocycles. The summed E-state index contributed by atoms with van der Waals surface area (Å²) in [6.07, 6.45) is 2.46. The van der Waals surface area contributed by atoms with Crippen molar-refractivity contribution in [3.63, 3.8) is 0 Å². The highest BCUT2D eigenvalue weighted by atomic mass is 79.9. The highest BCUT2D eigenvalue weighted by molar-refractivity contribution is 9.10. The lowest BCUT2D eigenvalue weighted by molar-refractivity contribution is -0.118. The summed E-state index contributed by atoms with van der Waals surface area (Å²) < 4.78 is 1.01. The third-order valence-electron chi connectivity index (χ3n) is 3.54. The van der Waals surface area contributed by atoms with Gasteiger partial charge in [0.2, 0.25) is 6.41 Å². The fourth-order valence-corrected chi connectivity index (χ4v) is 2.76. The van der Waals surface area contributed by atoms with Gasteiger partial charge in [-0.05, 0) is 18.2 Å². The number of hydrogen-bond acceptors (Lipinski definition) is 5. The number of carbonyl (C=O) groups excluding carboxylic acids is 1. The number of aromatic nitrogens is 2. The molecular formula is C15H16BrN5O. The lowest BCUT2D eigenvalue weighted by Crippen LogP contribution is -2.46. The van der Waals surface area contributed by atoms with Crippen LogP contribution in [0.3, 0.4) is 0 Å². The van der Waals surface area contributed by atoms with Crippen LogP contribution in [-0.4, -0.2) is 47.5 Å². The van der Waals surface area contributed by atoms with Gasteiger partial charge in [-0.15, -0.1) is 0 Å². The molecule has 1 aliphatic rings. The molecule has 0 unspecified atom stereocenters. The summed E-state index contributed by atoms with van der Waals surface area (Å²) in [7, 11) is 0. The van der Waals surface area contributed by atoms with Gasteiger partial charge < -0.3 is 15.1 Å². The molecule has 7 heteroatoms. The predicted molar refractivity (Wildman–Crippen MR) is 89.3 cm³/mol. The second-order valence-electron chi connectivity index (χ2n) is 5.03. The van der Waals surface area contributed by atoms with E-state index in [1.807, 2.05) is 30.3 Å². The molecule has 0 radical (unpaired) electrons. The van der Waals surface area contributed by atoms with E-state index in [2.05, 4.69) is 36.1 Å². The lowest BCUT2D eigenvalue weighted by Gasteiger charge is -2.33. The fourth-order valence-electron chi connectivity index (χ4n) is 2.36. The van der Waals surface area contributed by atoms with Crippen LogP contribution >= 0.6 is 15.9 Å². The predicted octanol–water partition coefficient (Wildman–Crippen LogP) is 2.26. The number of halogens is 1. The van der Waals surface area contributed by atoms with Gasteiger partial charge in [-0.25, -0.2) is 9.97 Å². The number of nitrogens with zero attached hydrogens (tertiary/aromatic N) is 4. The minimum atomic E-state index is 0.724. The van der Waals surface area contributed by atoms with Gasteiger partial charge in [0.15, 0.2) is 0 Å². The smallest absolute Gasteiger partial charge is 0.209 e. The Bertz CT molecular complexity index is 658. The largest absolute Gasteiger partial charge is 0.353 e. The Morgan fingerprint density at radius 2 is 1.95 bits per heavy atom. The molecule has 1 aliphatic heterocycles. The number of piperazine rings is 1. The van der Waals surface area contributed by atoms with E-state index >= 15 is 0 Å². The molecule has 1 aromatic heterocycles. The summed E-state index contributed by atoms with van der Waals surface area (Å²) in [5.74, 6) is 1.62. The molecule has 0 bridgehead atoms. The summed E-state index contributed by atoms with van der Waals surface area (Å²) in [4.78, 5) is 23.3. The molecule has 6 nitrogen and oxygen atoms in total. The zero-order valence-electron chi connectivity index (χ0n) is 11.9. The normalized spacial score (nSPS) is 14.8. The summed E-state index contributed by atoms with van der Waals surface area (Å²) in [5, 5.41) is 3.27. The minimum absolute atomic E-state index is 0.724. The van der Waals surface area contributed by atoms with Gasteiger partial charge in [0, 0.05) is 42.4 Å². The maximum Gasteiger partial charge on any atom is 0.209 e. The Balaban J connectivity index is 1.71. The van der Waals surface area contributed by atoms with Crippen molar-refractivity contribution >= 4 is 39.7 Å². The first kappa shape index (κ1) is 14.8. The van der Waals surface area contributed by atoms with Gasteiger partial charge >= 0.3 is 0 Å². The van der Waals surface area contributed by atoms with Crippen LogP contribution in [0.2, 0.25) is 0 Å². The molecule has 1 aromatic carbocycles. The van der Waals surface area contributed by atoms with E-state index in [1.165, 1.54) is 0 Å². The molecule has 1 amide bonds. The number of amides is 1. The van der Waals surface area contributed by atoms with E-state index in [0.29, 0.717) is 0 Å². The zero-order valence-corrected chi connectivity index (χ0v) is 13.5. The first-order valence-corrected chi connectivity index (χ1v) is 7.83. The van der Waals surface area contributed by atoms with Crippen molar-refractivity contribution in [3.8, 4) is 0 Å². The summed E-state index contributed by atoms with van der Waals surface area (Å²) in [6, 6.07) is 9.84. The molecule has 0 atom stereocenters. The molecule has 2 aromatic rings. The van der Waals surface area contributed by atoms with E-state index in [0.717, 1.165) is 54.4 Å². The van der Waals surface area contributed by atoms with Crippen LogP contribution in [0.4, 0.5) is 17.3 Å². The topological polar surface area (TPSA) is 61.4 Å². The van der Waals surface area contributed by atoms with Crippen molar-refractivity contribution in [2.24, 2.45) is 0 Å². The first-order chi connectivity index (χ1) is 10.7. The highest BCUT2D eigenvalue weighted by Crippen LogP contribution is 2.21. The monoisotopic (exact) mass is 361 g/mol. The van der Waals surface area contributed by atoms with Gasteiger partial charge in [0.05, 0.1) is 0 Å². The van der Waals surface area contributed by atoms with Crippen LogP contribution in [0, 0.1) is 0 Å². The lowest BCUT2D eigenvalue weighted by atomic mass is 10.3. The SMILES string of the molecule is O=CN1CCN(c2cc(Nc3cccc(Br)c3)ncn2)CC1. The number of nitrogens with one attached hydrogen (secondary N) is 1. The van der Waals surface area contributed by atoms with Crippen molar-refractivity contribution in [2.45, 2.75) is 0 Å². The van der Waals surface area contributed by atoms with Crippen LogP contribution in [0.15, 0.2) is 41.1 Å². The molecule has 3 rings (SSSR count). The molecule has 1 saturated heterocycles. The molecule has 0 aliphatic carbocycles. The van der Waals surface area contributed by atoms with Crippen LogP contribution < -0.4 is 10.2 Å². The fraction of sp³-hybridized carbons (Fsp3) is 0.267. The Morgan fingerprint density at radius 1 is 1.14 bits per heavy atom. The van der Waals surface area contributed by atoms with Crippen LogP contribution in [-0.2, 0) is 4.79 Å². The maximum absolute atomic E-state index is 10.8. The maximum atomic E-state index is 10.8. The average Bonchev–Trinajstić information content (AvgIpc) is 2.55. The van der Waals surface area contributed by atoms with Gasteiger partial charge in [0.25, 0.3) is 0 Å². The van der Waals surface area contributed by atoms with Gasteiger partial charge in [-0.3, -0.25) is 4.79 Å². The Kier molecular flexibility index (Phi) is 4.53. The molecule has 1 N–H and O–H groups in total. The second kappa shape index (κ2) is 6.74. The number of rotatable bonds is 4. The van der Waals surface area contributed by atoms with Gasteiger partial charge in [0.1, 0.15) is 18.0 Å². The number of anilines is 3. The van der Waals surface area contributed by atoms with Gasteiger partial charge in [-0.2, -0.15) is 0 Å². The number of carbonyl (C=O) groups is 1. The highest BCUT2D eigenvalue weighted by Gasteiger charge is 2.17. The Morgan fingerprint density at radius 3 is 2.68 bits per heavy atom. The van der Waals surface area contributed by atoms with Crippen LogP contribution in [0.5, 0.6) is 0 Å². The quantitative estimate of drug-likeness (QED) is 0.846. The molecule has 0 spiro atoms. The van der Waals surface area contributed by atoms with E-state index in [9.17, 15) is 4.79 Å². The zero-order chi connectivity index (χ0) is 15.4. The second-order valence-corrected chi connectivity index (χ2v) is 5.94. The Labute approximate surface area is 137 Å². The van der Waals surface area contributed by atoms with E-state index in [1.54, 1.807) is 11.2 Å². The molecule has 114 valence electrons. The van der Waals surface area contributed by atoms with E-state index < -0.39 is 0 Å². The summed E-state index contributed by atoms with van der Waals surface area (Å²) >= 11 is 3.45. The summed E-state index contributed by atoms with van der Waals surface area (Å²) in [6.45, 7) is 3.02. The molecule has 22 heavy (non-hydrogen) atoms. The Hall–Kier alpha value is -2.15. The van der Waals surface area contributed by atoms with Crippen molar-refractivity contribution in [3.05, 3.63) is 41.1 Å². The summed E-state index contributed by atoms with van der Waals surface area (Å²) in [5.41, 5.74) is 0.963. The standard InChI is InChI=1S/C15H16BrN5O/c16-12-2-1-3-13(8-12)19-14-9-15(18-10-17-14)21-6-4-20(11-22)5-7-21/h1-3,8-11H,4-7H2,(H,17,18,19). The van der Waals surface area contributed by atoms with Gasteiger partial charge in [-0.1, -0.05) is 22.0 Å². The first-order valence-electron chi connectivity index (χ1n) is 7.03. The van der Waals surface area contributed by atoms with Crippen LogP contribution in [0.1, 0.15) is 0 Å². The average molecular weight is 362 g/mol. The number of hydrogen-bond donors (Lipinski definition) is 1. The molecule has 1 fully saturated rings. The molecule has 0 saturated carbocycles. The van der Waals surface area contributed by atoms with Crippen molar-refractivity contribution in [1.29, 1.82) is 0 Å². The van der Waals surface area contributed by atoms with Crippen molar-refractivity contribution in [2.75, 3.05) is 36.4 Å². The van der Waals surface area contributed by atoms with E-state index in [-0.39, 0.29) is 0 Å². The molecular weight excluding hydrogens is 346 g/mol.